The van der Waals surface area contributed by atoms with E-state index < -0.39 is 0 Å². The molecule has 3 heteroatoms. The number of hydrogen-bond acceptors (Lipinski definition) is 3. The van der Waals surface area contributed by atoms with Crippen LogP contribution in [0.4, 0.5) is 0 Å². The molecular weight excluding hydrogens is 236 g/mol. The Kier molecular flexibility index (Phi) is 4.29. The Hall–Kier alpha value is -0.120. The van der Waals surface area contributed by atoms with E-state index in [1.807, 2.05) is 0 Å². The van der Waals surface area contributed by atoms with Crippen molar-refractivity contribution < 1.29 is 4.74 Å². The molecule has 0 aromatic heterocycles. The minimum Gasteiger partial charge on any atom is -0.368 e. The Morgan fingerprint density at radius 3 is 2.42 bits per heavy atom. The molecular formula is C16H32N2O. The van der Waals surface area contributed by atoms with Gasteiger partial charge in [-0.3, -0.25) is 4.90 Å². The van der Waals surface area contributed by atoms with E-state index in [0.29, 0.717) is 12.1 Å². The third-order valence-corrected chi connectivity index (χ3v) is 4.87. The minimum absolute atomic E-state index is 0.0196. The van der Waals surface area contributed by atoms with Gasteiger partial charge in [-0.1, -0.05) is 13.8 Å². The van der Waals surface area contributed by atoms with Gasteiger partial charge in [-0.15, -0.1) is 0 Å². The average molecular weight is 268 g/mol. The second-order valence-corrected chi connectivity index (χ2v) is 7.61. The lowest BCUT2D eigenvalue weighted by molar-refractivity contribution is -0.0839. The summed E-state index contributed by atoms with van der Waals surface area (Å²) in [5, 5.41) is 3.62. The fourth-order valence-corrected chi connectivity index (χ4v) is 4.13. The summed E-state index contributed by atoms with van der Waals surface area (Å²) in [6, 6.07) is 1.26. The molecule has 0 radical (unpaired) electrons. The molecule has 2 saturated heterocycles. The van der Waals surface area contributed by atoms with Gasteiger partial charge in [0.25, 0.3) is 0 Å². The van der Waals surface area contributed by atoms with E-state index in [9.17, 15) is 0 Å². The van der Waals surface area contributed by atoms with Gasteiger partial charge >= 0.3 is 0 Å². The molecule has 0 spiro atoms. The first-order chi connectivity index (χ1) is 8.75. The zero-order valence-electron chi connectivity index (χ0n) is 13.6. The van der Waals surface area contributed by atoms with Crippen LogP contribution in [0.2, 0.25) is 0 Å². The van der Waals surface area contributed by atoms with Gasteiger partial charge in [0.1, 0.15) is 0 Å². The zero-order valence-corrected chi connectivity index (χ0v) is 13.6. The van der Waals surface area contributed by atoms with Crippen LogP contribution in [0.15, 0.2) is 0 Å². The van der Waals surface area contributed by atoms with Crippen molar-refractivity contribution in [3.8, 4) is 0 Å². The Morgan fingerprint density at radius 2 is 1.95 bits per heavy atom. The van der Waals surface area contributed by atoms with Gasteiger partial charge in [0.05, 0.1) is 11.2 Å². The average Bonchev–Trinajstić information content (AvgIpc) is 2.50. The first-order valence-electron chi connectivity index (χ1n) is 7.93. The summed E-state index contributed by atoms with van der Waals surface area (Å²) in [5.41, 5.74) is 0.00413. The fourth-order valence-electron chi connectivity index (χ4n) is 4.13. The van der Waals surface area contributed by atoms with Crippen molar-refractivity contribution in [3.63, 3.8) is 0 Å². The summed E-state index contributed by atoms with van der Waals surface area (Å²) in [6.07, 6.45) is 2.42. The Bertz CT molecular complexity index is 314. The molecule has 2 fully saturated rings. The molecule has 112 valence electrons. The van der Waals surface area contributed by atoms with Crippen LogP contribution in [0, 0.1) is 5.92 Å². The molecule has 2 rings (SSSR count). The van der Waals surface area contributed by atoms with Crippen LogP contribution in [-0.4, -0.2) is 47.8 Å². The summed E-state index contributed by atoms with van der Waals surface area (Å²) in [5.74, 6) is 0.730. The van der Waals surface area contributed by atoms with Crippen LogP contribution in [0.25, 0.3) is 0 Å². The number of ether oxygens (including phenoxy) is 1. The molecule has 0 saturated carbocycles. The fraction of sp³-hybridized carbons (Fsp3) is 1.00. The third kappa shape index (κ3) is 3.32. The van der Waals surface area contributed by atoms with Crippen LogP contribution in [0.1, 0.15) is 54.4 Å². The number of piperidine rings is 1. The number of nitrogens with one attached hydrogen (secondary N) is 1. The lowest BCUT2D eigenvalue weighted by Crippen LogP contribution is -2.55. The monoisotopic (exact) mass is 268 g/mol. The highest BCUT2D eigenvalue weighted by Gasteiger charge is 2.49. The molecule has 3 atom stereocenters. The van der Waals surface area contributed by atoms with Gasteiger partial charge in [0.15, 0.2) is 0 Å². The van der Waals surface area contributed by atoms with Crippen molar-refractivity contribution in [2.75, 3.05) is 19.6 Å². The summed E-state index contributed by atoms with van der Waals surface area (Å²) >= 11 is 0. The summed E-state index contributed by atoms with van der Waals surface area (Å²) in [6.45, 7) is 17.0. The molecule has 0 amide bonds. The normalized spacial score (nSPS) is 38.5. The maximum Gasteiger partial charge on any atom is 0.0789 e. The van der Waals surface area contributed by atoms with Crippen LogP contribution >= 0.6 is 0 Å². The first kappa shape index (κ1) is 15.3. The molecule has 3 nitrogen and oxygen atoms in total. The predicted octanol–water partition coefficient (Wildman–Crippen LogP) is 2.65. The van der Waals surface area contributed by atoms with E-state index in [0.717, 1.165) is 18.9 Å². The van der Waals surface area contributed by atoms with Crippen LogP contribution < -0.4 is 5.32 Å². The topological polar surface area (TPSA) is 24.5 Å². The van der Waals surface area contributed by atoms with E-state index >= 15 is 0 Å². The van der Waals surface area contributed by atoms with Gasteiger partial charge < -0.3 is 10.1 Å². The number of nitrogens with zero attached hydrogens (tertiary/aromatic N) is 1. The van der Waals surface area contributed by atoms with Crippen molar-refractivity contribution in [2.45, 2.75) is 77.7 Å². The smallest absolute Gasteiger partial charge is 0.0789 e. The van der Waals surface area contributed by atoms with Gasteiger partial charge in [-0.2, -0.15) is 0 Å². The lowest BCUT2D eigenvalue weighted by Gasteiger charge is -2.43. The maximum atomic E-state index is 6.25. The number of hydrogen-bond donors (Lipinski definition) is 1. The van der Waals surface area contributed by atoms with Gasteiger partial charge in [-0.05, 0) is 53.0 Å². The standard InChI is InChI=1S/C16H32N2O/c1-7-17-13-8-9-18(11-12(13)2)14-10-15(3,4)19-16(14,5)6/h12-14,17H,7-11H2,1-6H3. The molecule has 19 heavy (non-hydrogen) atoms. The van der Waals surface area contributed by atoms with E-state index in [1.54, 1.807) is 0 Å². The lowest BCUT2D eigenvalue weighted by atomic mass is 9.87. The molecule has 0 aromatic carbocycles. The highest BCUT2D eigenvalue weighted by atomic mass is 16.5. The molecule has 2 heterocycles. The van der Waals surface area contributed by atoms with Crippen molar-refractivity contribution in [1.82, 2.24) is 10.2 Å². The summed E-state index contributed by atoms with van der Waals surface area (Å²) < 4.78 is 6.25. The summed E-state index contributed by atoms with van der Waals surface area (Å²) in [7, 11) is 0. The SMILES string of the molecule is CCNC1CCN(C2CC(C)(C)OC2(C)C)CC1C. The van der Waals surface area contributed by atoms with Crippen LogP contribution in [-0.2, 0) is 4.74 Å². The van der Waals surface area contributed by atoms with Crippen LogP contribution in [0.5, 0.6) is 0 Å². The third-order valence-electron chi connectivity index (χ3n) is 4.87. The molecule has 2 aliphatic heterocycles. The van der Waals surface area contributed by atoms with Crippen molar-refractivity contribution >= 4 is 0 Å². The van der Waals surface area contributed by atoms with Gasteiger partial charge in [0.2, 0.25) is 0 Å². The molecule has 0 aromatic rings. The quantitative estimate of drug-likeness (QED) is 0.851. The van der Waals surface area contributed by atoms with Crippen molar-refractivity contribution in [2.24, 2.45) is 5.92 Å². The number of rotatable bonds is 3. The molecule has 3 unspecified atom stereocenters. The van der Waals surface area contributed by atoms with E-state index in [4.69, 9.17) is 4.74 Å². The van der Waals surface area contributed by atoms with E-state index in [2.05, 4.69) is 51.8 Å². The summed E-state index contributed by atoms with van der Waals surface area (Å²) in [4.78, 5) is 2.67. The Labute approximate surface area is 119 Å². The zero-order chi connectivity index (χ0) is 14.3. The molecule has 0 bridgehead atoms. The van der Waals surface area contributed by atoms with Gasteiger partial charge in [-0.25, -0.2) is 0 Å². The second kappa shape index (κ2) is 5.34. The van der Waals surface area contributed by atoms with E-state index in [1.165, 1.54) is 19.5 Å². The van der Waals surface area contributed by atoms with Crippen LogP contribution in [0.3, 0.4) is 0 Å². The number of likely N-dealkylation sites (tertiary alicyclic amines) is 1. The predicted molar refractivity (Wildman–Crippen MR) is 80.5 cm³/mol. The highest BCUT2D eigenvalue weighted by Crippen LogP contribution is 2.41. The largest absolute Gasteiger partial charge is 0.368 e. The Morgan fingerprint density at radius 1 is 1.26 bits per heavy atom. The maximum absolute atomic E-state index is 6.25. The second-order valence-electron chi connectivity index (χ2n) is 7.61. The van der Waals surface area contributed by atoms with Gasteiger partial charge in [0, 0.05) is 25.2 Å². The Balaban J connectivity index is 2.00. The highest BCUT2D eigenvalue weighted by molar-refractivity contribution is 5.01. The van der Waals surface area contributed by atoms with Crippen molar-refractivity contribution in [1.29, 1.82) is 0 Å². The molecule has 1 N–H and O–H groups in total. The van der Waals surface area contributed by atoms with E-state index in [-0.39, 0.29) is 11.2 Å². The minimum atomic E-state index is -0.0196. The first-order valence-corrected chi connectivity index (χ1v) is 7.93. The van der Waals surface area contributed by atoms with Crippen molar-refractivity contribution in [3.05, 3.63) is 0 Å². The molecule has 2 aliphatic rings. The molecule has 0 aliphatic carbocycles.